The third-order valence-corrected chi connectivity index (χ3v) is 5.65. The zero-order valence-electron chi connectivity index (χ0n) is 11.0. The molecule has 0 spiro atoms. The molecule has 0 amide bonds. The first-order valence-corrected chi connectivity index (χ1v) is 8.30. The zero-order valence-corrected chi connectivity index (χ0v) is 11.9. The van der Waals surface area contributed by atoms with Gasteiger partial charge in [-0.25, -0.2) is 0 Å². The van der Waals surface area contributed by atoms with Crippen LogP contribution < -0.4 is 5.30 Å². The van der Waals surface area contributed by atoms with Gasteiger partial charge in [0.2, 0.25) is 0 Å². The Bertz CT molecular complexity index is 285. The molecular weight excluding hydrogens is 211 g/mol. The minimum atomic E-state index is 0.116. The average molecular weight is 236 g/mol. The second-order valence-electron chi connectivity index (χ2n) is 4.53. The van der Waals surface area contributed by atoms with E-state index in [9.17, 15) is 0 Å². The lowest BCUT2D eigenvalue weighted by atomic mass is 10.2. The Hall–Kier alpha value is -0.350. The van der Waals surface area contributed by atoms with E-state index in [1.165, 1.54) is 43.6 Å². The van der Waals surface area contributed by atoms with Crippen molar-refractivity contribution in [1.29, 1.82) is 0 Å². The van der Waals surface area contributed by atoms with Crippen molar-refractivity contribution in [2.24, 2.45) is 0 Å². The molecule has 0 radical (unpaired) electrons. The van der Waals surface area contributed by atoms with E-state index in [1.54, 1.807) is 5.30 Å². The summed E-state index contributed by atoms with van der Waals surface area (Å²) in [6, 6.07) is 9.16. The van der Waals surface area contributed by atoms with Crippen LogP contribution in [0.25, 0.3) is 0 Å². The first-order valence-electron chi connectivity index (χ1n) is 6.59. The molecule has 0 N–H and O–H groups in total. The van der Waals surface area contributed by atoms with Gasteiger partial charge in [0.25, 0.3) is 0 Å². The van der Waals surface area contributed by atoms with Crippen molar-refractivity contribution in [3.8, 4) is 0 Å². The van der Waals surface area contributed by atoms with Gasteiger partial charge < -0.3 is 0 Å². The molecule has 1 aromatic carbocycles. The van der Waals surface area contributed by atoms with Crippen molar-refractivity contribution >= 4 is 13.2 Å². The number of benzene rings is 1. The van der Waals surface area contributed by atoms with Crippen LogP contribution in [0.1, 0.15) is 45.1 Å². The fourth-order valence-corrected chi connectivity index (χ4v) is 4.71. The lowest BCUT2D eigenvalue weighted by Crippen LogP contribution is -2.07. The Labute approximate surface area is 102 Å². The van der Waals surface area contributed by atoms with Gasteiger partial charge in [-0.1, -0.05) is 64.4 Å². The van der Waals surface area contributed by atoms with E-state index in [2.05, 4.69) is 45.0 Å². The predicted molar refractivity (Wildman–Crippen MR) is 77.3 cm³/mol. The maximum absolute atomic E-state index is 2.40. The van der Waals surface area contributed by atoms with E-state index >= 15 is 0 Å². The molecular formula is C15H25P. The van der Waals surface area contributed by atoms with E-state index in [-0.39, 0.29) is 7.92 Å². The van der Waals surface area contributed by atoms with E-state index in [1.807, 2.05) is 0 Å². The predicted octanol–water partition coefficient (Wildman–Crippen LogP) is 4.70. The molecule has 1 heteroatoms. The lowest BCUT2D eigenvalue weighted by molar-refractivity contribution is 0.870. The Balaban J connectivity index is 2.66. The maximum atomic E-state index is 2.40. The molecule has 1 rings (SSSR count). The Morgan fingerprint density at radius 1 is 1.00 bits per heavy atom. The monoisotopic (exact) mass is 236 g/mol. The van der Waals surface area contributed by atoms with E-state index in [4.69, 9.17) is 0 Å². The quantitative estimate of drug-likeness (QED) is 0.602. The topological polar surface area (TPSA) is 0 Å². The minimum absolute atomic E-state index is 0.116. The van der Waals surface area contributed by atoms with Crippen molar-refractivity contribution in [1.82, 2.24) is 0 Å². The summed E-state index contributed by atoms with van der Waals surface area (Å²) >= 11 is 0. The fraction of sp³-hybridized carbons (Fsp3) is 0.600. The SMILES string of the molecule is CCCCP(CCCC)c1cccc(C)c1. The lowest BCUT2D eigenvalue weighted by Gasteiger charge is -2.18. The average Bonchev–Trinajstić information content (AvgIpc) is 2.29. The molecule has 0 saturated carbocycles. The fourth-order valence-electron chi connectivity index (χ4n) is 1.89. The van der Waals surface area contributed by atoms with Gasteiger partial charge in [-0.2, -0.15) is 0 Å². The third kappa shape index (κ3) is 4.66. The van der Waals surface area contributed by atoms with Crippen molar-refractivity contribution in [3.05, 3.63) is 29.8 Å². The number of unbranched alkanes of at least 4 members (excludes halogenated alkanes) is 2. The smallest absolute Gasteiger partial charge is 0.0238 e. The number of aryl methyl sites for hydroxylation is 1. The van der Waals surface area contributed by atoms with Crippen molar-refractivity contribution in [2.45, 2.75) is 46.5 Å². The molecule has 0 atom stereocenters. The van der Waals surface area contributed by atoms with Gasteiger partial charge in [0.15, 0.2) is 0 Å². The molecule has 1 aromatic rings. The first-order chi connectivity index (χ1) is 7.77. The summed E-state index contributed by atoms with van der Waals surface area (Å²) in [7, 11) is 0.116. The second kappa shape index (κ2) is 7.85. The second-order valence-corrected chi connectivity index (χ2v) is 7.02. The summed E-state index contributed by atoms with van der Waals surface area (Å²) in [6.07, 6.45) is 8.30. The first kappa shape index (κ1) is 13.7. The summed E-state index contributed by atoms with van der Waals surface area (Å²) in [4.78, 5) is 0. The highest BCUT2D eigenvalue weighted by Gasteiger charge is 2.09. The molecule has 0 bridgehead atoms. The minimum Gasteiger partial charge on any atom is -0.0753 e. The number of hydrogen-bond donors (Lipinski definition) is 0. The van der Waals surface area contributed by atoms with Crippen LogP contribution in [-0.4, -0.2) is 12.3 Å². The standard InChI is InChI=1S/C15H25P/c1-4-6-11-16(12-7-5-2)15-10-8-9-14(3)13-15/h8-10,13H,4-7,11-12H2,1-3H3. The van der Waals surface area contributed by atoms with E-state index in [0.29, 0.717) is 0 Å². The molecule has 0 nitrogen and oxygen atoms in total. The zero-order chi connectivity index (χ0) is 11.8. The highest BCUT2D eigenvalue weighted by molar-refractivity contribution is 7.65. The van der Waals surface area contributed by atoms with Crippen LogP contribution >= 0.6 is 7.92 Å². The van der Waals surface area contributed by atoms with Crippen LogP contribution in [0.15, 0.2) is 24.3 Å². The van der Waals surface area contributed by atoms with Crippen LogP contribution in [0.3, 0.4) is 0 Å². The highest BCUT2D eigenvalue weighted by atomic mass is 31.1. The molecule has 0 aliphatic rings. The van der Waals surface area contributed by atoms with Gasteiger partial charge in [0.05, 0.1) is 0 Å². The molecule has 16 heavy (non-hydrogen) atoms. The van der Waals surface area contributed by atoms with Crippen LogP contribution in [-0.2, 0) is 0 Å². The molecule has 0 heterocycles. The molecule has 90 valence electrons. The van der Waals surface area contributed by atoms with Crippen LogP contribution in [0.2, 0.25) is 0 Å². The van der Waals surface area contributed by atoms with Crippen LogP contribution in [0, 0.1) is 6.92 Å². The molecule has 0 aliphatic carbocycles. The largest absolute Gasteiger partial charge is 0.0753 e. The normalized spacial score (nSPS) is 11.0. The van der Waals surface area contributed by atoms with Gasteiger partial charge in [0.1, 0.15) is 0 Å². The molecule has 0 aliphatic heterocycles. The maximum Gasteiger partial charge on any atom is -0.0238 e. The van der Waals surface area contributed by atoms with Gasteiger partial charge in [0, 0.05) is 0 Å². The van der Waals surface area contributed by atoms with E-state index in [0.717, 1.165) is 0 Å². The highest BCUT2D eigenvalue weighted by Crippen LogP contribution is 2.36. The van der Waals surface area contributed by atoms with E-state index < -0.39 is 0 Å². The van der Waals surface area contributed by atoms with Gasteiger partial charge in [-0.05, 0) is 37.4 Å². The van der Waals surface area contributed by atoms with Gasteiger partial charge >= 0.3 is 0 Å². The molecule has 0 fully saturated rings. The summed E-state index contributed by atoms with van der Waals surface area (Å²) in [5, 5.41) is 1.62. The third-order valence-electron chi connectivity index (χ3n) is 2.93. The van der Waals surface area contributed by atoms with Gasteiger partial charge in [-0.3, -0.25) is 0 Å². The summed E-state index contributed by atoms with van der Waals surface area (Å²) < 4.78 is 0. The van der Waals surface area contributed by atoms with Crippen LogP contribution in [0.5, 0.6) is 0 Å². The van der Waals surface area contributed by atoms with Crippen molar-refractivity contribution < 1.29 is 0 Å². The number of hydrogen-bond acceptors (Lipinski definition) is 0. The number of rotatable bonds is 7. The molecule has 0 unspecified atom stereocenters. The Morgan fingerprint density at radius 3 is 2.12 bits per heavy atom. The van der Waals surface area contributed by atoms with Crippen LogP contribution in [0.4, 0.5) is 0 Å². The summed E-state index contributed by atoms with van der Waals surface area (Å²) in [6.45, 7) is 6.80. The summed E-state index contributed by atoms with van der Waals surface area (Å²) in [5.41, 5.74) is 1.41. The van der Waals surface area contributed by atoms with Gasteiger partial charge in [-0.15, -0.1) is 0 Å². The molecule has 0 saturated heterocycles. The summed E-state index contributed by atoms with van der Waals surface area (Å²) in [5.74, 6) is 0. The Kier molecular flexibility index (Phi) is 6.73. The Morgan fingerprint density at radius 2 is 1.62 bits per heavy atom. The van der Waals surface area contributed by atoms with Crippen molar-refractivity contribution in [3.63, 3.8) is 0 Å². The van der Waals surface area contributed by atoms with Crippen molar-refractivity contribution in [2.75, 3.05) is 12.3 Å². The molecule has 0 aromatic heterocycles.